The molecule has 0 unspecified atom stereocenters. The highest BCUT2D eigenvalue weighted by molar-refractivity contribution is 7.99. The summed E-state index contributed by atoms with van der Waals surface area (Å²) < 4.78 is 0. The minimum Gasteiger partial charge on any atom is -0.339 e. The fourth-order valence-corrected chi connectivity index (χ4v) is 2.51. The number of benzene rings is 1. The molecule has 1 amide bonds. The maximum absolute atomic E-state index is 11.9. The van der Waals surface area contributed by atoms with Gasteiger partial charge in [0.25, 0.3) is 5.56 Å². The van der Waals surface area contributed by atoms with Crippen LogP contribution in [0.15, 0.2) is 40.5 Å². The predicted molar refractivity (Wildman–Crippen MR) is 85.0 cm³/mol. The molecule has 1 aromatic carbocycles. The average Bonchev–Trinajstić information content (AvgIpc) is 2.97. The maximum Gasteiger partial charge on any atom is 0.277 e. The third-order valence-electron chi connectivity index (χ3n) is 2.95. The number of H-pyrrole nitrogens is 2. The predicted octanol–water partition coefficient (Wildman–Crippen LogP) is 1.69. The zero-order chi connectivity index (χ0) is 15.5. The van der Waals surface area contributed by atoms with Crippen molar-refractivity contribution in [2.24, 2.45) is 0 Å². The van der Waals surface area contributed by atoms with Gasteiger partial charge in [0.1, 0.15) is 0 Å². The van der Waals surface area contributed by atoms with E-state index in [0.717, 1.165) is 23.0 Å². The highest BCUT2D eigenvalue weighted by Crippen LogP contribution is 2.14. The minimum absolute atomic E-state index is 0.146. The number of carbonyl (C=O) groups is 1. The van der Waals surface area contributed by atoms with E-state index in [2.05, 4.69) is 25.3 Å². The molecule has 3 N–H and O–H groups in total. The van der Waals surface area contributed by atoms with Gasteiger partial charge in [0.05, 0.1) is 12.1 Å². The number of anilines is 1. The Morgan fingerprint density at radius 1 is 1.32 bits per heavy atom. The SMILES string of the molecule is Cc1ccc(NC(=O)CSc2nc3nc[nH]c3c(=O)[nH]2)cc1. The molecule has 0 aliphatic carbocycles. The highest BCUT2D eigenvalue weighted by Gasteiger charge is 2.09. The molecule has 3 rings (SSSR count). The van der Waals surface area contributed by atoms with Crippen LogP contribution in [0.3, 0.4) is 0 Å². The molecular formula is C14H13N5O2S. The number of carbonyl (C=O) groups excluding carboxylic acids is 1. The van der Waals surface area contributed by atoms with Crippen LogP contribution in [0, 0.1) is 6.92 Å². The first-order valence-electron chi connectivity index (χ1n) is 6.54. The van der Waals surface area contributed by atoms with Crippen LogP contribution in [0.5, 0.6) is 0 Å². The first-order valence-corrected chi connectivity index (χ1v) is 7.53. The van der Waals surface area contributed by atoms with E-state index < -0.39 is 0 Å². The topological polar surface area (TPSA) is 104 Å². The quantitative estimate of drug-likeness (QED) is 0.502. The van der Waals surface area contributed by atoms with Crippen LogP contribution in [0.1, 0.15) is 5.56 Å². The van der Waals surface area contributed by atoms with Crippen molar-refractivity contribution < 1.29 is 4.79 Å². The fraction of sp³-hybridized carbons (Fsp3) is 0.143. The summed E-state index contributed by atoms with van der Waals surface area (Å²) in [6.07, 6.45) is 1.41. The Morgan fingerprint density at radius 2 is 2.09 bits per heavy atom. The lowest BCUT2D eigenvalue weighted by Crippen LogP contribution is -2.15. The first kappa shape index (κ1) is 14.3. The number of hydrogen-bond donors (Lipinski definition) is 3. The lowest BCUT2D eigenvalue weighted by molar-refractivity contribution is -0.113. The Labute approximate surface area is 129 Å². The number of hydrogen-bond acceptors (Lipinski definition) is 5. The summed E-state index contributed by atoms with van der Waals surface area (Å²) in [7, 11) is 0. The largest absolute Gasteiger partial charge is 0.339 e. The molecule has 2 aromatic heterocycles. The molecule has 7 nitrogen and oxygen atoms in total. The van der Waals surface area contributed by atoms with Crippen molar-refractivity contribution in [3.63, 3.8) is 0 Å². The number of thioether (sulfide) groups is 1. The maximum atomic E-state index is 11.9. The number of aromatic nitrogens is 4. The number of aryl methyl sites for hydroxylation is 1. The number of fused-ring (bicyclic) bond motifs is 1. The number of rotatable bonds is 4. The normalized spacial score (nSPS) is 10.8. The molecule has 22 heavy (non-hydrogen) atoms. The van der Waals surface area contributed by atoms with Crippen LogP contribution in [-0.4, -0.2) is 31.6 Å². The smallest absolute Gasteiger partial charge is 0.277 e. The summed E-state index contributed by atoms with van der Waals surface area (Å²) in [4.78, 5) is 37.1. The zero-order valence-corrected chi connectivity index (χ0v) is 12.5. The fourth-order valence-electron chi connectivity index (χ4n) is 1.86. The van der Waals surface area contributed by atoms with E-state index in [1.807, 2.05) is 31.2 Å². The van der Waals surface area contributed by atoms with Gasteiger partial charge < -0.3 is 10.3 Å². The van der Waals surface area contributed by atoms with Crippen molar-refractivity contribution in [3.8, 4) is 0 Å². The second kappa shape index (κ2) is 6.02. The Bertz CT molecular complexity index is 869. The Hall–Kier alpha value is -2.61. The molecule has 0 spiro atoms. The highest BCUT2D eigenvalue weighted by atomic mass is 32.2. The molecule has 0 saturated carbocycles. The van der Waals surface area contributed by atoms with Crippen molar-refractivity contribution in [3.05, 3.63) is 46.5 Å². The van der Waals surface area contributed by atoms with E-state index in [0.29, 0.717) is 16.3 Å². The number of amides is 1. The van der Waals surface area contributed by atoms with E-state index in [1.165, 1.54) is 6.33 Å². The number of nitrogens with one attached hydrogen (secondary N) is 3. The second-order valence-corrected chi connectivity index (χ2v) is 5.64. The van der Waals surface area contributed by atoms with E-state index in [4.69, 9.17) is 0 Å². The Morgan fingerprint density at radius 3 is 2.86 bits per heavy atom. The molecule has 2 heterocycles. The van der Waals surface area contributed by atoms with Gasteiger partial charge in [0.2, 0.25) is 5.91 Å². The third-order valence-corrected chi connectivity index (χ3v) is 3.82. The van der Waals surface area contributed by atoms with Gasteiger partial charge >= 0.3 is 0 Å². The average molecular weight is 315 g/mol. The molecule has 0 bridgehead atoms. The van der Waals surface area contributed by atoms with Gasteiger partial charge in [-0.05, 0) is 19.1 Å². The Kier molecular flexibility index (Phi) is 3.92. The van der Waals surface area contributed by atoms with Gasteiger partial charge in [-0.3, -0.25) is 14.6 Å². The second-order valence-electron chi connectivity index (χ2n) is 4.68. The molecule has 0 saturated heterocycles. The van der Waals surface area contributed by atoms with Gasteiger partial charge in [-0.2, -0.15) is 0 Å². The molecule has 0 aliphatic rings. The van der Waals surface area contributed by atoms with Crippen molar-refractivity contribution in [1.29, 1.82) is 0 Å². The molecule has 0 fully saturated rings. The van der Waals surface area contributed by atoms with Crippen LogP contribution >= 0.6 is 11.8 Å². The summed E-state index contributed by atoms with van der Waals surface area (Å²) in [5, 5.41) is 3.15. The number of aromatic amines is 2. The summed E-state index contributed by atoms with van der Waals surface area (Å²) in [6.45, 7) is 1.98. The Balaban J connectivity index is 1.64. The first-order chi connectivity index (χ1) is 10.6. The molecule has 0 radical (unpaired) electrons. The van der Waals surface area contributed by atoms with Crippen molar-refractivity contribution in [2.75, 3.05) is 11.1 Å². The van der Waals surface area contributed by atoms with Gasteiger partial charge in [0, 0.05) is 5.69 Å². The zero-order valence-electron chi connectivity index (χ0n) is 11.7. The van der Waals surface area contributed by atoms with Crippen LogP contribution in [-0.2, 0) is 4.79 Å². The van der Waals surface area contributed by atoms with Crippen LogP contribution < -0.4 is 10.9 Å². The van der Waals surface area contributed by atoms with Gasteiger partial charge in [-0.15, -0.1) is 0 Å². The molecule has 112 valence electrons. The van der Waals surface area contributed by atoms with Crippen LogP contribution in [0.25, 0.3) is 11.2 Å². The molecule has 0 atom stereocenters. The van der Waals surface area contributed by atoms with E-state index in [-0.39, 0.29) is 17.2 Å². The third kappa shape index (κ3) is 3.17. The van der Waals surface area contributed by atoms with E-state index >= 15 is 0 Å². The minimum atomic E-state index is -0.302. The summed E-state index contributed by atoms with van der Waals surface area (Å²) in [5.74, 6) is -0.0224. The van der Waals surface area contributed by atoms with Crippen LogP contribution in [0.4, 0.5) is 5.69 Å². The van der Waals surface area contributed by atoms with Gasteiger partial charge in [0.15, 0.2) is 16.3 Å². The standard InChI is InChI=1S/C14H13N5O2S/c1-8-2-4-9(5-3-8)17-10(20)6-22-14-18-12-11(13(21)19-14)15-7-16-12/h2-5,7H,6H2,1H3,(H,17,20)(H2,15,16,18,19,21). The van der Waals surface area contributed by atoms with Crippen LogP contribution in [0.2, 0.25) is 0 Å². The van der Waals surface area contributed by atoms with Crippen molar-refractivity contribution in [2.45, 2.75) is 12.1 Å². The summed E-state index contributed by atoms with van der Waals surface area (Å²) in [6, 6.07) is 7.53. The monoisotopic (exact) mass is 315 g/mol. The lowest BCUT2D eigenvalue weighted by atomic mass is 10.2. The van der Waals surface area contributed by atoms with E-state index in [9.17, 15) is 9.59 Å². The summed E-state index contributed by atoms with van der Waals surface area (Å²) >= 11 is 1.15. The summed E-state index contributed by atoms with van der Waals surface area (Å²) in [5.41, 5.74) is 2.23. The molecule has 8 heteroatoms. The lowest BCUT2D eigenvalue weighted by Gasteiger charge is -2.05. The van der Waals surface area contributed by atoms with E-state index in [1.54, 1.807) is 0 Å². The van der Waals surface area contributed by atoms with Crippen molar-refractivity contribution in [1.82, 2.24) is 19.9 Å². The molecular weight excluding hydrogens is 302 g/mol. The van der Waals surface area contributed by atoms with Gasteiger partial charge in [-0.1, -0.05) is 29.5 Å². The number of nitrogens with zero attached hydrogens (tertiary/aromatic N) is 2. The molecule has 0 aliphatic heterocycles. The molecule has 3 aromatic rings. The van der Waals surface area contributed by atoms with Gasteiger partial charge in [-0.25, -0.2) is 9.97 Å². The number of imidazole rings is 1. The van der Waals surface area contributed by atoms with Crippen molar-refractivity contribution >= 4 is 34.5 Å².